The van der Waals surface area contributed by atoms with E-state index in [0.29, 0.717) is 31.9 Å². The number of ether oxygens (including phenoxy) is 4. The molecule has 3 unspecified atom stereocenters. The molecule has 2 fully saturated rings. The van der Waals surface area contributed by atoms with Crippen LogP contribution in [-0.2, 0) is 23.7 Å². The minimum Gasteiger partial charge on any atom is -0.444 e. The Kier molecular flexibility index (Phi) is 10.8. The van der Waals surface area contributed by atoms with Crippen molar-refractivity contribution >= 4 is 12.0 Å². The predicted octanol–water partition coefficient (Wildman–Crippen LogP) is 4.48. The highest BCUT2D eigenvalue weighted by atomic mass is 16.6. The quantitative estimate of drug-likeness (QED) is 0.429. The molecule has 1 saturated heterocycles. The first-order chi connectivity index (χ1) is 17.2. The van der Waals surface area contributed by atoms with E-state index in [0.717, 1.165) is 44.9 Å². The van der Waals surface area contributed by atoms with Gasteiger partial charge in [0.05, 0.1) is 6.04 Å². The first-order valence-electron chi connectivity index (χ1n) is 13.6. The highest BCUT2D eigenvalue weighted by molar-refractivity contribution is 5.97. The number of rotatable bonds is 9. The van der Waals surface area contributed by atoms with E-state index in [-0.39, 0.29) is 36.3 Å². The molecule has 1 aliphatic heterocycles. The first-order valence-corrected chi connectivity index (χ1v) is 13.6. The molecule has 0 aromatic rings. The molecule has 1 saturated carbocycles. The van der Waals surface area contributed by atoms with Crippen molar-refractivity contribution in [2.45, 2.75) is 102 Å². The van der Waals surface area contributed by atoms with E-state index >= 15 is 0 Å². The minimum absolute atomic E-state index is 0.0224. The third-order valence-electron chi connectivity index (χ3n) is 7.10. The molecule has 204 valence electrons. The number of carbonyl (C=O) groups is 2. The van der Waals surface area contributed by atoms with Gasteiger partial charge in [-0.2, -0.15) is 0 Å². The Balaban J connectivity index is 1.78. The standard InChI is InChI=1S/C28H46N2O6/c1-28(2,3)36-27(32)29-16-9-13-23(20-29)30(22-11-7-6-8-12-22)26(31)21-14-15-24(34-5)25(19-21)35-18-10-17-33-4/h14-15,19,22-25H,6-13,16-18,20H2,1-5H3. The Morgan fingerprint density at radius 1 is 1.00 bits per heavy atom. The summed E-state index contributed by atoms with van der Waals surface area (Å²) in [5, 5.41) is 0. The maximum absolute atomic E-state index is 14.1. The number of methoxy groups -OCH3 is 2. The van der Waals surface area contributed by atoms with Gasteiger partial charge in [-0.1, -0.05) is 31.4 Å². The number of piperidine rings is 1. The fraction of sp³-hybridized carbons (Fsp3) is 0.786. The Labute approximate surface area is 216 Å². The molecule has 0 bridgehead atoms. The van der Waals surface area contributed by atoms with Crippen molar-refractivity contribution in [1.29, 1.82) is 0 Å². The molecular weight excluding hydrogens is 460 g/mol. The second-order valence-electron chi connectivity index (χ2n) is 11.1. The summed E-state index contributed by atoms with van der Waals surface area (Å²) in [5.41, 5.74) is 0.0940. The van der Waals surface area contributed by atoms with Crippen molar-refractivity contribution in [3.05, 3.63) is 23.8 Å². The summed E-state index contributed by atoms with van der Waals surface area (Å²) in [6, 6.07) is 0.155. The Morgan fingerprint density at radius 2 is 1.72 bits per heavy atom. The molecule has 0 aromatic carbocycles. The number of likely N-dealkylation sites (tertiary alicyclic amines) is 1. The summed E-state index contributed by atoms with van der Waals surface area (Å²) in [7, 11) is 3.33. The SMILES string of the molecule is COCCCOC1C=C(C(=O)N(C2CCCCC2)C2CCCN(C(=O)OC(C)(C)C)C2)C=CC1OC. The van der Waals surface area contributed by atoms with E-state index in [4.69, 9.17) is 18.9 Å². The number of hydrogen-bond donors (Lipinski definition) is 0. The first kappa shape index (κ1) is 28.7. The van der Waals surface area contributed by atoms with Gasteiger partial charge in [0.1, 0.15) is 17.8 Å². The van der Waals surface area contributed by atoms with E-state index in [2.05, 4.69) is 4.90 Å². The molecule has 1 heterocycles. The molecular formula is C28H46N2O6. The van der Waals surface area contributed by atoms with Crippen LogP contribution < -0.4 is 0 Å². The van der Waals surface area contributed by atoms with Crippen LogP contribution in [0, 0.1) is 0 Å². The molecule has 8 heteroatoms. The van der Waals surface area contributed by atoms with Gasteiger partial charge in [0.15, 0.2) is 0 Å². The van der Waals surface area contributed by atoms with Crippen molar-refractivity contribution in [2.75, 3.05) is 40.5 Å². The average molecular weight is 507 g/mol. The van der Waals surface area contributed by atoms with Gasteiger partial charge < -0.3 is 28.7 Å². The second-order valence-corrected chi connectivity index (χ2v) is 11.1. The van der Waals surface area contributed by atoms with Gasteiger partial charge in [0, 0.05) is 52.1 Å². The summed E-state index contributed by atoms with van der Waals surface area (Å²) in [6.45, 7) is 7.97. The van der Waals surface area contributed by atoms with Gasteiger partial charge in [-0.25, -0.2) is 4.79 Å². The lowest BCUT2D eigenvalue weighted by Crippen LogP contribution is -2.56. The lowest BCUT2D eigenvalue weighted by Gasteiger charge is -2.44. The molecule has 3 rings (SSSR count). The third-order valence-corrected chi connectivity index (χ3v) is 7.10. The Hall–Kier alpha value is -1.90. The number of carbonyl (C=O) groups excluding carboxylic acids is 2. The van der Waals surface area contributed by atoms with Crippen molar-refractivity contribution in [3.63, 3.8) is 0 Å². The zero-order valence-electron chi connectivity index (χ0n) is 22.9. The molecule has 0 N–H and O–H groups in total. The molecule has 0 radical (unpaired) electrons. The molecule has 3 aliphatic rings. The van der Waals surface area contributed by atoms with Crippen LogP contribution in [-0.4, -0.2) is 92.2 Å². The Bertz CT molecular complexity index is 783. The fourth-order valence-electron chi connectivity index (χ4n) is 5.37. The zero-order valence-corrected chi connectivity index (χ0v) is 22.9. The van der Waals surface area contributed by atoms with Gasteiger partial charge in [-0.15, -0.1) is 0 Å². The van der Waals surface area contributed by atoms with E-state index < -0.39 is 5.60 Å². The van der Waals surface area contributed by atoms with E-state index in [1.165, 1.54) is 6.42 Å². The summed E-state index contributed by atoms with van der Waals surface area (Å²) in [6.07, 6.45) is 12.8. The summed E-state index contributed by atoms with van der Waals surface area (Å²) in [5.74, 6) is 0.0224. The van der Waals surface area contributed by atoms with Crippen LogP contribution in [0.1, 0.15) is 72.1 Å². The average Bonchev–Trinajstić information content (AvgIpc) is 2.86. The maximum Gasteiger partial charge on any atom is 0.410 e. The minimum atomic E-state index is -0.545. The highest BCUT2D eigenvalue weighted by Gasteiger charge is 2.38. The van der Waals surface area contributed by atoms with Crippen LogP contribution in [0.5, 0.6) is 0 Å². The highest BCUT2D eigenvalue weighted by Crippen LogP contribution is 2.30. The molecule has 0 aromatic heterocycles. The molecule has 0 spiro atoms. The number of nitrogens with zero attached hydrogens (tertiary/aromatic N) is 2. The lowest BCUT2D eigenvalue weighted by atomic mass is 9.90. The van der Waals surface area contributed by atoms with E-state index in [1.54, 1.807) is 19.1 Å². The molecule has 2 aliphatic carbocycles. The van der Waals surface area contributed by atoms with Gasteiger partial charge in [0.25, 0.3) is 5.91 Å². The van der Waals surface area contributed by atoms with Gasteiger partial charge >= 0.3 is 6.09 Å². The van der Waals surface area contributed by atoms with Crippen molar-refractivity contribution < 1.29 is 28.5 Å². The van der Waals surface area contributed by atoms with Crippen LogP contribution in [0.25, 0.3) is 0 Å². The van der Waals surface area contributed by atoms with Gasteiger partial charge in [-0.3, -0.25) is 4.79 Å². The van der Waals surface area contributed by atoms with Crippen LogP contribution in [0.4, 0.5) is 4.79 Å². The van der Waals surface area contributed by atoms with Crippen LogP contribution in [0.15, 0.2) is 23.8 Å². The second kappa shape index (κ2) is 13.6. The summed E-state index contributed by atoms with van der Waals surface area (Å²) in [4.78, 5) is 30.8. The van der Waals surface area contributed by atoms with Gasteiger partial charge in [0.2, 0.25) is 0 Å². The van der Waals surface area contributed by atoms with Crippen molar-refractivity contribution in [1.82, 2.24) is 9.80 Å². The molecule has 36 heavy (non-hydrogen) atoms. The smallest absolute Gasteiger partial charge is 0.410 e. The molecule has 8 nitrogen and oxygen atoms in total. The molecule has 3 atom stereocenters. The monoisotopic (exact) mass is 506 g/mol. The van der Waals surface area contributed by atoms with Crippen molar-refractivity contribution in [3.8, 4) is 0 Å². The summed E-state index contributed by atoms with van der Waals surface area (Å²) >= 11 is 0. The maximum atomic E-state index is 14.1. The van der Waals surface area contributed by atoms with Crippen molar-refractivity contribution in [2.24, 2.45) is 0 Å². The number of amides is 2. The van der Waals surface area contributed by atoms with Gasteiger partial charge in [-0.05, 0) is 59.0 Å². The summed E-state index contributed by atoms with van der Waals surface area (Å²) < 4.78 is 22.4. The van der Waals surface area contributed by atoms with E-state index in [9.17, 15) is 9.59 Å². The van der Waals surface area contributed by atoms with Crippen LogP contribution >= 0.6 is 0 Å². The topological polar surface area (TPSA) is 77.5 Å². The third kappa shape index (κ3) is 8.05. The lowest BCUT2D eigenvalue weighted by molar-refractivity contribution is -0.134. The van der Waals surface area contributed by atoms with Crippen LogP contribution in [0.2, 0.25) is 0 Å². The van der Waals surface area contributed by atoms with Crippen LogP contribution in [0.3, 0.4) is 0 Å². The Morgan fingerprint density at radius 3 is 2.39 bits per heavy atom. The fourth-order valence-corrected chi connectivity index (χ4v) is 5.37. The zero-order chi connectivity index (χ0) is 26.1. The normalized spacial score (nSPS) is 25.4. The number of hydrogen-bond acceptors (Lipinski definition) is 6. The van der Waals surface area contributed by atoms with E-state index in [1.807, 2.05) is 39.0 Å². The largest absolute Gasteiger partial charge is 0.444 e. The molecule has 2 amide bonds. The predicted molar refractivity (Wildman–Crippen MR) is 139 cm³/mol.